The molecule has 6 nitrogen and oxygen atoms in total. The zero-order chi connectivity index (χ0) is 19.5. The maximum Gasteiger partial charge on any atom is 0.226 e. The first-order chi connectivity index (χ1) is 13.6. The Labute approximate surface area is 164 Å². The molecule has 0 bridgehead atoms. The van der Waals surface area contributed by atoms with E-state index in [1.165, 1.54) is 5.56 Å². The van der Waals surface area contributed by atoms with Gasteiger partial charge in [0.05, 0.1) is 17.3 Å². The second-order valence-electron chi connectivity index (χ2n) is 7.29. The normalized spacial score (nSPS) is 11.1. The number of hydrogen-bond acceptors (Lipinski definition) is 5. The molecule has 4 aromatic rings. The zero-order valence-electron chi connectivity index (χ0n) is 16.3. The van der Waals surface area contributed by atoms with Crippen LogP contribution < -0.4 is 10.6 Å². The first-order valence-electron chi connectivity index (χ1n) is 9.49. The van der Waals surface area contributed by atoms with E-state index in [0.717, 1.165) is 34.8 Å². The van der Waals surface area contributed by atoms with E-state index in [-0.39, 0.29) is 0 Å². The van der Waals surface area contributed by atoms with Gasteiger partial charge in [-0.25, -0.2) is 4.68 Å². The molecule has 2 aromatic heterocycles. The van der Waals surface area contributed by atoms with Gasteiger partial charge >= 0.3 is 0 Å². The van der Waals surface area contributed by atoms with E-state index in [1.807, 2.05) is 53.3 Å². The van der Waals surface area contributed by atoms with Crippen LogP contribution in [-0.4, -0.2) is 26.3 Å². The average molecular weight is 372 g/mol. The van der Waals surface area contributed by atoms with Gasteiger partial charge in [0.25, 0.3) is 0 Å². The Morgan fingerprint density at radius 3 is 2.43 bits per heavy atom. The number of hydrogen-bond donors (Lipinski definition) is 2. The molecule has 0 radical (unpaired) electrons. The Morgan fingerprint density at radius 2 is 1.71 bits per heavy atom. The summed E-state index contributed by atoms with van der Waals surface area (Å²) < 4.78 is 1.85. The third-order valence-electron chi connectivity index (χ3n) is 4.41. The molecule has 0 aliphatic carbocycles. The van der Waals surface area contributed by atoms with Gasteiger partial charge in [-0.1, -0.05) is 49.7 Å². The summed E-state index contributed by atoms with van der Waals surface area (Å²) in [4.78, 5) is 9.45. The monoisotopic (exact) mass is 372 g/mol. The molecule has 4 rings (SSSR count). The lowest BCUT2D eigenvalue weighted by Gasteiger charge is -2.12. The van der Waals surface area contributed by atoms with Crippen molar-refractivity contribution in [2.75, 3.05) is 17.2 Å². The van der Waals surface area contributed by atoms with Gasteiger partial charge in [0.1, 0.15) is 5.82 Å². The van der Waals surface area contributed by atoms with Gasteiger partial charge in [0.15, 0.2) is 5.65 Å². The van der Waals surface area contributed by atoms with Crippen LogP contribution in [0.25, 0.3) is 16.7 Å². The fraction of sp³-hybridized carbons (Fsp3) is 0.227. The van der Waals surface area contributed by atoms with Gasteiger partial charge in [0.2, 0.25) is 5.95 Å². The Hall–Kier alpha value is -3.41. The fourth-order valence-corrected chi connectivity index (χ4v) is 2.91. The Bertz CT molecular complexity index is 1070. The quantitative estimate of drug-likeness (QED) is 0.502. The van der Waals surface area contributed by atoms with Crippen molar-refractivity contribution < 1.29 is 0 Å². The molecular formula is C22H24N6. The first-order valence-corrected chi connectivity index (χ1v) is 9.49. The van der Waals surface area contributed by atoms with Crippen molar-refractivity contribution in [1.29, 1.82) is 0 Å². The van der Waals surface area contributed by atoms with Crippen molar-refractivity contribution >= 4 is 28.5 Å². The highest BCUT2D eigenvalue weighted by molar-refractivity contribution is 5.90. The highest BCUT2D eigenvalue weighted by Crippen LogP contribution is 2.27. The van der Waals surface area contributed by atoms with Gasteiger partial charge < -0.3 is 10.6 Å². The summed E-state index contributed by atoms with van der Waals surface area (Å²) in [6.07, 6.45) is 1.81. The van der Waals surface area contributed by atoms with Crippen molar-refractivity contribution in [3.63, 3.8) is 0 Å². The molecule has 2 heterocycles. The van der Waals surface area contributed by atoms with Crippen LogP contribution in [0, 0.1) is 12.8 Å². The Kier molecular flexibility index (Phi) is 4.93. The van der Waals surface area contributed by atoms with E-state index < -0.39 is 0 Å². The minimum Gasteiger partial charge on any atom is -0.354 e. The van der Waals surface area contributed by atoms with E-state index in [9.17, 15) is 0 Å². The van der Waals surface area contributed by atoms with Gasteiger partial charge in [-0.2, -0.15) is 15.1 Å². The highest BCUT2D eigenvalue weighted by atomic mass is 15.3. The highest BCUT2D eigenvalue weighted by Gasteiger charge is 2.14. The van der Waals surface area contributed by atoms with Crippen molar-refractivity contribution in [3.8, 4) is 5.69 Å². The molecule has 0 unspecified atom stereocenters. The summed E-state index contributed by atoms with van der Waals surface area (Å²) in [5.74, 6) is 1.82. The summed E-state index contributed by atoms with van der Waals surface area (Å²) >= 11 is 0. The number of fused-ring (bicyclic) bond motifs is 1. The standard InChI is InChI=1S/C22H24N6/c1-15(2)13-23-22-26-20(25-17-11-9-16(3)10-12-17)19-14-24-28(21(19)27-22)18-7-5-4-6-8-18/h4-12,14-15H,13H2,1-3H3,(H2,23,25,26,27). The zero-order valence-corrected chi connectivity index (χ0v) is 16.3. The van der Waals surface area contributed by atoms with Gasteiger partial charge in [-0.15, -0.1) is 0 Å². The van der Waals surface area contributed by atoms with Crippen LogP contribution in [0.2, 0.25) is 0 Å². The van der Waals surface area contributed by atoms with Crippen molar-refractivity contribution in [3.05, 3.63) is 66.4 Å². The molecule has 0 saturated carbocycles. The number of nitrogens with zero attached hydrogens (tertiary/aromatic N) is 4. The largest absolute Gasteiger partial charge is 0.354 e. The first kappa shape index (κ1) is 18.0. The summed E-state index contributed by atoms with van der Waals surface area (Å²) in [6.45, 7) is 7.19. The predicted molar refractivity (Wildman–Crippen MR) is 114 cm³/mol. The topological polar surface area (TPSA) is 67.7 Å². The maximum absolute atomic E-state index is 4.74. The van der Waals surface area contributed by atoms with Crippen molar-refractivity contribution in [2.24, 2.45) is 5.92 Å². The lowest BCUT2D eigenvalue weighted by Crippen LogP contribution is -2.12. The smallest absolute Gasteiger partial charge is 0.226 e. The summed E-state index contributed by atoms with van der Waals surface area (Å²) in [7, 11) is 0. The second kappa shape index (κ2) is 7.68. The van der Waals surface area contributed by atoms with Crippen LogP contribution >= 0.6 is 0 Å². The van der Waals surface area contributed by atoms with E-state index in [2.05, 4.69) is 48.6 Å². The molecule has 28 heavy (non-hydrogen) atoms. The van der Waals surface area contributed by atoms with Gasteiger partial charge in [0, 0.05) is 12.2 Å². The Balaban J connectivity index is 1.80. The van der Waals surface area contributed by atoms with Crippen LogP contribution in [-0.2, 0) is 0 Å². The van der Waals surface area contributed by atoms with E-state index in [1.54, 1.807) is 0 Å². The molecule has 0 atom stereocenters. The molecule has 0 aliphatic rings. The van der Waals surface area contributed by atoms with Crippen LogP contribution in [0.3, 0.4) is 0 Å². The van der Waals surface area contributed by atoms with E-state index >= 15 is 0 Å². The summed E-state index contributed by atoms with van der Waals surface area (Å²) in [5.41, 5.74) is 3.93. The van der Waals surface area contributed by atoms with Crippen LogP contribution in [0.4, 0.5) is 17.5 Å². The molecule has 142 valence electrons. The van der Waals surface area contributed by atoms with Crippen molar-refractivity contribution in [1.82, 2.24) is 19.7 Å². The van der Waals surface area contributed by atoms with Gasteiger partial charge in [-0.05, 0) is 37.1 Å². The number of benzene rings is 2. The second-order valence-corrected chi connectivity index (χ2v) is 7.29. The predicted octanol–water partition coefficient (Wildman–Crippen LogP) is 4.94. The molecule has 0 saturated heterocycles. The van der Waals surface area contributed by atoms with Crippen LogP contribution in [0.5, 0.6) is 0 Å². The third-order valence-corrected chi connectivity index (χ3v) is 4.41. The third kappa shape index (κ3) is 3.81. The number of anilines is 3. The number of nitrogens with one attached hydrogen (secondary N) is 2. The molecular weight excluding hydrogens is 348 g/mol. The van der Waals surface area contributed by atoms with Crippen LogP contribution in [0.1, 0.15) is 19.4 Å². The fourth-order valence-electron chi connectivity index (χ4n) is 2.91. The average Bonchev–Trinajstić information content (AvgIpc) is 3.13. The molecule has 0 aliphatic heterocycles. The number of aryl methyl sites for hydroxylation is 1. The minimum absolute atomic E-state index is 0.492. The van der Waals surface area contributed by atoms with Crippen molar-refractivity contribution in [2.45, 2.75) is 20.8 Å². The number of para-hydroxylation sites is 1. The van der Waals surface area contributed by atoms with Gasteiger partial charge in [-0.3, -0.25) is 0 Å². The number of aromatic nitrogens is 4. The molecule has 0 fully saturated rings. The lowest BCUT2D eigenvalue weighted by atomic mass is 10.2. The molecule has 6 heteroatoms. The lowest BCUT2D eigenvalue weighted by molar-refractivity contribution is 0.685. The maximum atomic E-state index is 4.74. The molecule has 0 spiro atoms. The summed E-state index contributed by atoms with van der Waals surface area (Å²) in [6, 6.07) is 18.3. The van der Waals surface area contributed by atoms with E-state index in [4.69, 9.17) is 9.97 Å². The summed E-state index contributed by atoms with van der Waals surface area (Å²) in [5, 5.41) is 12.2. The molecule has 0 amide bonds. The molecule has 2 aromatic carbocycles. The van der Waals surface area contributed by atoms with Crippen LogP contribution in [0.15, 0.2) is 60.8 Å². The van der Waals surface area contributed by atoms with E-state index in [0.29, 0.717) is 11.9 Å². The molecule has 2 N–H and O–H groups in total. The Morgan fingerprint density at radius 1 is 0.964 bits per heavy atom. The SMILES string of the molecule is Cc1ccc(Nc2nc(NCC(C)C)nc3c2cnn3-c2ccccc2)cc1. The number of rotatable bonds is 6. The minimum atomic E-state index is 0.492.